The van der Waals surface area contributed by atoms with Crippen molar-refractivity contribution >= 4 is 28.9 Å². The Bertz CT molecular complexity index is 1110. The first-order chi connectivity index (χ1) is 14.6. The van der Waals surface area contributed by atoms with Crippen LogP contribution in [0.2, 0.25) is 0 Å². The summed E-state index contributed by atoms with van der Waals surface area (Å²) in [5.41, 5.74) is -0.291. The van der Waals surface area contributed by atoms with Crippen LogP contribution < -0.4 is 20.7 Å². The Morgan fingerprint density at radius 3 is 2.48 bits per heavy atom. The van der Waals surface area contributed by atoms with Gasteiger partial charge in [0.05, 0.1) is 29.7 Å². The fraction of sp³-hybridized carbons (Fsp3) is 0.250. The number of amides is 1. The number of nitrogens with one attached hydrogen (secondary N) is 3. The third-order valence-electron chi connectivity index (χ3n) is 4.44. The molecule has 0 saturated carbocycles. The Morgan fingerprint density at radius 2 is 1.90 bits per heavy atom. The Kier molecular flexibility index (Phi) is 6.04. The Hall–Kier alpha value is -3.76. The molecule has 164 valence electrons. The molecule has 0 bridgehead atoms. The van der Waals surface area contributed by atoms with E-state index in [9.17, 15) is 18.0 Å². The summed E-state index contributed by atoms with van der Waals surface area (Å²) in [5.74, 6) is 0.438. The molecule has 31 heavy (non-hydrogen) atoms. The van der Waals surface area contributed by atoms with E-state index in [4.69, 9.17) is 4.74 Å². The number of carbonyl (C=O) groups is 1. The van der Waals surface area contributed by atoms with Gasteiger partial charge in [0.1, 0.15) is 22.9 Å². The minimum Gasteiger partial charge on any atom is -0.496 e. The SMILES string of the molecule is CNC(=O)c1c(Nc2cc(Nc3cc(C)nn3C)ncc2C(F)(F)F)cccc1OC. The zero-order chi connectivity index (χ0) is 22.8. The van der Waals surface area contributed by atoms with E-state index < -0.39 is 17.6 Å². The van der Waals surface area contributed by atoms with Crippen molar-refractivity contribution in [2.75, 3.05) is 24.8 Å². The molecule has 0 aliphatic rings. The molecule has 3 rings (SSSR count). The van der Waals surface area contributed by atoms with E-state index in [0.717, 1.165) is 11.9 Å². The number of rotatable bonds is 6. The van der Waals surface area contributed by atoms with E-state index in [1.54, 1.807) is 36.9 Å². The second kappa shape index (κ2) is 8.54. The molecule has 0 aliphatic heterocycles. The second-order valence-electron chi connectivity index (χ2n) is 6.62. The zero-order valence-corrected chi connectivity index (χ0v) is 17.3. The van der Waals surface area contributed by atoms with Crippen LogP contribution in [0, 0.1) is 6.92 Å². The van der Waals surface area contributed by atoms with Gasteiger partial charge < -0.3 is 20.7 Å². The number of ether oxygens (including phenoxy) is 1. The van der Waals surface area contributed by atoms with Crippen LogP contribution >= 0.6 is 0 Å². The Morgan fingerprint density at radius 1 is 1.16 bits per heavy atom. The van der Waals surface area contributed by atoms with Crippen molar-refractivity contribution < 1.29 is 22.7 Å². The number of aryl methyl sites for hydroxylation is 2. The van der Waals surface area contributed by atoms with E-state index >= 15 is 0 Å². The summed E-state index contributed by atoms with van der Waals surface area (Å²) < 4.78 is 47.6. The number of aromatic nitrogens is 3. The molecule has 1 amide bonds. The largest absolute Gasteiger partial charge is 0.496 e. The van der Waals surface area contributed by atoms with E-state index in [1.807, 2.05) is 0 Å². The molecule has 0 spiro atoms. The topological polar surface area (TPSA) is 93.1 Å². The average Bonchev–Trinajstić information content (AvgIpc) is 3.03. The van der Waals surface area contributed by atoms with Gasteiger partial charge in [0, 0.05) is 32.4 Å². The van der Waals surface area contributed by atoms with Crippen LogP contribution in [0.1, 0.15) is 21.6 Å². The highest BCUT2D eigenvalue weighted by atomic mass is 19.4. The molecule has 3 aromatic rings. The lowest BCUT2D eigenvalue weighted by molar-refractivity contribution is -0.137. The van der Waals surface area contributed by atoms with Gasteiger partial charge in [-0.05, 0) is 19.1 Å². The van der Waals surface area contributed by atoms with Crippen molar-refractivity contribution in [1.29, 1.82) is 0 Å². The number of carbonyl (C=O) groups excluding carboxylic acids is 1. The number of methoxy groups -OCH3 is 1. The first kappa shape index (κ1) is 21.9. The molecule has 0 atom stereocenters. The summed E-state index contributed by atoms with van der Waals surface area (Å²) in [6.07, 6.45) is -3.93. The van der Waals surface area contributed by atoms with Crippen molar-refractivity contribution in [1.82, 2.24) is 20.1 Å². The van der Waals surface area contributed by atoms with Crippen molar-refractivity contribution in [3.8, 4) is 5.75 Å². The summed E-state index contributed by atoms with van der Waals surface area (Å²) in [5, 5.41) is 12.3. The lowest BCUT2D eigenvalue weighted by Gasteiger charge is -2.18. The molecule has 0 radical (unpaired) electrons. The monoisotopic (exact) mass is 434 g/mol. The fourth-order valence-corrected chi connectivity index (χ4v) is 3.02. The van der Waals surface area contributed by atoms with Gasteiger partial charge in [-0.25, -0.2) is 4.98 Å². The third-order valence-corrected chi connectivity index (χ3v) is 4.44. The van der Waals surface area contributed by atoms with Crippen LogP contribution in [0.5, 0.6) is 5.75 Å². The smallest absolute Gasteiger partial charge is 0.419 e. The van der Waals surface area contributed by atoms with Gasteiger partial charge in [-0.1, -0.05) is 6.07 Å². The number of nitrogens with zero attached hydrogens (tertiary/aromatic N) is 3. The highest BCUT2D eigenvalue weighted by Crippen LogP contribution is 2.38. The van der Waals surface area contributed by atoms with Crippen LogP contribution in [0.4, 0.5) is 36.2 Å². The molecule has 0 unspecified atom stereocenters. The van der Waals surface area contributed by atoms with Gasteiger partial charge in [0.2, 0.25) is 0 Å². The third kappa shape index (κ3) is 4.71. The van der Waals surface area contributed by atoms with Gasteiger partial charge in [-0.2, -0.15) is 18.3 Å². The Labute approximate surface area is 176 Å². The van der Waals surface area contributed by atoms with Gasteiger partial charge in [0.25, 0.3) is 5.91 Å². The Balaban J connectivity index is 2.07. The number of hydrogen-bond donors (Lipinski definition) is 3. The molecule has 0 saturated heterocycles. The zero-order valence-electron chi connectivity index (χ0n) is 17.3. The molecule has 3 N–H and O–H groups in total. The van der Waals surface area contributed by atoms with Crippen molar-refractivity contribution in [3.63, 3.8) is 0 Å². The quantitative estimate of drug-likeness (QED) is 0.543. The molecule has 0 aliphatic carbocycles. The van der Waals surface area contributed by atoms with Gasteiger partial charge in [-0.15, -0.1) is 0 Å². The highest BCUT2D eigenvalue weighted by molar-refractivity contribution is 6.03. The van der Waals surface area contributed by atoms with Crippen LogP contribution in [-0.4, -0.2) is 34.8 Å². The van der Waals surface area contributed by atoms with Gasteiger partial charge in [-0.3, -0.25) is 9.48 Å². The van der Waals surface area contributed by atoms with Crippen molar-refractivity contribution in [2.24, 2.45) is 7.05 Å². The number of benzene rings is 1. The van der Waals surface area contributed by atoms with E-state index in [1.165, 1.54) is 26.3 Å². The normalized spacial score (nSPS) is 11.2. The van der Waals surface area contributed by atoms with E-state index in [0.29, 0.717) is 5.82 Å². The molecule has 11 heteroatoms. The van der Waals surface area contributed by atoms with E-state index in [2.05, 4.69) is 26.0 Å². The minimum absolute atomic E-state index is 0.0780. The van der Waals surface area contributed by atoms with Gasteiger partial charge >= 0.3 is 6.18 Å². The maximum absolute atomic E-state index is 13.6. The van der Waals surface area contributed by atoms with Crippen molar-refractivity contribution in [2.45, 2.75) is 13.1 Å². The summed E-state index contributed by atoms with van der Waals surface area (Å²) in [7, 11) is 4.49. The summed E-state index contributed by atoms with van der Waals surface area (Å²) >= 11 is 0. The van der Waals surface area contributed by atoms with Crippen LogP contribution in [0.25, 0.3) is 0 Å². The lowest BCUT2D eigenvalue weighted by atomic mass is 10.1. The number of halogens is 3. The van der Waals surface area contributed by atoms with Crippen molar-refractivity contribution in [3.05, 3.63) is 53.3 Å². The summed E-state index contributed by atoms with van der Waals surface area (Å²) in [4.78, 5) is 16.2. The first-order valence-electron chi connectivity index (χ1n) is 9.15. The molecule has 8 nitrogen and oxygen atoms in total. The molecular formula is C20H21F3N6O2. The van der Waals surface area contributed by atoms with Crippen LogP contribution in [0.15, 0.2) is 36.5 Å². The second-order valence-corrected chi connectivity index (χ2v) is 6.62. The standard InChI is InChI=1S/C20H21F3N6O2/c1-11-8-17(29(3)28-11)27-16-9-14(12(10-25-16)20(21,22)23)26-13-6-5-7-15(31-4)18(13)19(30)24-2/h5-10H,1-4H3,(H,24,30)(H2,25,26,27). The molecule has 0 fully saturated rings. The highest BCUT2D eigenvalue weighted by Gasteiger charge is 2.35. The summed E-state index contributed by atoms with van der Waals surface area (Å²) in [6.45, 7) is 1.79. The maximum atomic E-state index is 13.6. The maximum Gasteiger partial charge on any atom is 0.419 e. The molecule has 1 aromatic carbocycles. The molecular weight excluding hydrogens is 413 g/mol. The van der Waals surface area contributed by atoms with Crippen LogP contribution in [-0.2, 0) is 13.2 Å². The number of alkyl halides is 3. The average molecular weight is 434 g/mol. The first-order valence-corrected chi connectivity index (χ1v) is 9.15. The predicted octanol–water partition coefficient (Wildman–Crippen LogP) is 4.00. The van der Waals surface area contributed by atoms with Gasteiger partial charge in [0.15, 0.2) is 0 Å². The predicted molar refractivity (Wildman–Crippen MR) is 110 cm³/mol. The fourth-order valence-electron chi connectivity index (χ4n) is 3.02. The van der Waals surface area contributed by atoms with E-state index in [-0.39, 0.29) is 28.5 Å². The lowest BCUT2D eigenvalue weighted by Crippen LogP contribution is -2.20. The number of pyridine rings is 1. The minimum atomic E-state index is -4.66. The number of anilines is 4. The molecule has 2 heterocycles. The van der Waals surface area contributed by atoms with Crippen LogP contribution in [0.3, 0.4) is 0 Å². The number of hydrogen-bond acceptors (Lipinski definition) is 6. The molecule has 2 aromatic heterocycles. The summed E-state index contributed by atoms with van der Waals surface area (Å²) in [6, 6.07) is 7.56.